The van der Waals surface area contributed by atoms with Gasteiger partial charge in [0.15, 0.2) is 11.5 Å². The van der Waals surface area contributed by atoms with E-state index < -0.39 is 17.9 Å². The number of amides is 1. The molecule has 2 atom stereocenters. The first-order valence-corrected chi connectivity index (χ1v) is 9.47. The maximum Gasteiger partial charge on any atom is 0.326 e. The lowest BCUT2D eigenvalue weighted by Gasteiger charge is -2.22. The number of carbonyl (C=O) groups is 2. The van der Waals surface area contributed by atoms with Gasteiger partial charge >= 0.3 is 5.97 Å². The molecule has 0 spiro atoms. The number of rotatable bonds is 8. The number of hydrogen-bond acceptors (Lipinski definition) is 6. The van der Waals surface area contributed by atoms with Crippen LogP contribution in [0.4, 0.5) is 0 Å². The van der Waals surface area contributed by atoms with Crippen molar-refractivity contribution in [2.45, 2.75) is 25.2 Å². The minimum absolute atomic E-state index is 0.198. The third-order valence-corrected chi connectivity index (χ3v) is 5.08. The summed E-state index contributed by atoms with van der Waals surface area (Å²) in [5.41, 5.74) is 1.22. The van der Waals surface area contributed by atoms with Gasteiger partial charge in [-0.15, -0.1) is 0 Å². The maximum atomic E-state index is 13.1. The molecule has 2 aromatic rings. The largest absolute Gasteiger partial charge is 0.493 e. The predicted molar refractivity (Wildman–Crippen MR) is 108 cm³/mol. The molecule has 0 aliphatic carbocycles. The first-order valence-electron chi connectivity index (χ1n) is 9.47. The second kappa shape index (κ2) is 9.49. The molecule has 0 saturated carbocycles. The van der Waals surface area contributed by atoms with Crippen LogP contribution in [0.25, 0.3) is 0 Å². The van der Waals surface area contributed by atoms with E-state index >= 15 is 0 Å². The Morgan fingerprint density at radius 2 is 1.70 bits per heavy atom. The normalized spacial score (nSPS) is 18.2. The molecule has 3 rings (SSSR count). The molecule has 0 radical (unpaired) electrons. The molecule has 30 heavy (non-hydrogen) atoms. The fraction of sp³-hybridized carbons (Fsp3) is 0.364. The summed E-state index contributed by atoms with van der Waals surface area (Å²) in [4.78, 5) is 26.0. The van der Waals surface area contributed by atoms with E-state index in [1.54, 1.807) is 0 Å². The minimum atomic E-state index is -1.07. The Hall–Kier alpha value is -3.26. The summed E-state index contributed by atoms with van der Waals surface area (Å²) in [5.74, 6) is -0.491. The summed E-state index contributed by atoms with van der Waals surface area (Å²) in [6.07, 6.45) is -0.0864. The number of methoxy groups -OCH3 is 3. The molecule has 1 amide bonds. The molecule has 1 aliphatic rings. The second-order valence-corrected chi connectivity index (χ2v) is 6.89. The van der Waals surface area contributed by atoms with Gasteiger partial charge in [-0.2, -0.15) is 0 Å². The number of carboxylic acid groups (broad SMARTS) is 1. The van der Waals surface area contributed by atoms with Crippen molar-refractivity contribution in [1.82, 2.24) is 4.90 Å². The molecule has 2 aromatic carbocycles. The average molecular weight is 415 g/mol. The lowest BCUT2D eigenvalue weighted by Crippen LogP contribution is -2.40. The Balaban J connectivity index is 1.88. The Morgan fingerprint density at radius 3 is 2.23 bits per heavy atom. The SMILES string of the molecule is COc1cc(C(=O)N2C[C@H](OC)C[C@H]2C(=O)O)cc(OC)c1OCc1ccccc1. The number of hydrogen-bond donors (Lipinski definition) is 1. The zero-order chi connectivity index (χ0) is 21.7. The van der Waals surface area contributed by atoms with Crippen LogP contribution in [0.1, 0.15) is 22.3 Å². The molecule has 8 heteroatoms. The number of nitrogens with zero attached hydrogens (tertiary/aromatic N) is 1. The van der Waals surface area contributed by atoms with Crippen LogP contribution in [0.5, 0.6) is 17.2 Å². The Bertz CT molecular complexity index is 875. The molecule has 0 unspecified atom stereocenters. The zero-order valence-corrected chi connectivity index (χ0v) is 17.2. The Kier molecular flexibility index (Phi) is 6.79. The van der Waals surface area contributed by atoms with Crippen molar-refractivity contribution in [2.75, 3.05) is 27.9 Å². The highest BCUT2D eigenvalue weighted by Gasteiger charge is 2.40. The highest BCUT2D eigenvalue weighted by atomic mass is 16.5. The summed E-state index contributed by atoms with van der Waals surface area (Å²) in [7, 11) is 4.44. The Morgan fingerprint density at radius 1 is 1.07 bits per heavy atom. The van der Waals surface area contributed by atoms with Crippen molar-refractivity contribution < 1.29 is 33.6 Å². The summed E-state index contributed by atoms with van der Waals surface area (Å²) in [5, 5.41) is 9.50. The van der Waals surface area contributed by atoms with Crippen LogP contribution in [-0.2, 0) is 16.1 Å². The van der Waals surface area contributed by atoms with E-state index in [2.05, 4.69) is 0 Å². The van der Waals surface area contributed by atoms with Gasteiger partial charge in [0.05, 0.1) is 20.3 Å². The van der Waals surface area contributed by atoms with Crippen LogP contribution in [0.2, 0.25) is 0 Å². The number of ether oxygens (including phenoxy) is 4. The van der Waals surface area contributed by atoms with Gasteiger partial charge in [-0.1, -0.05) is 30.3 Å². The predicted octanol–water partition coefficient (Wildman–Crippen LogP) is 2.60. The van der Waals surface area contributed by atoms with Crippen LogP contribution in [-0.4, -0.2) is 61.9 Å². The fourth-order valence-electron chi connectivity index (χ4n) is 3.47. The van der Waals surface area contributed by atoms with Crippen molar-refractivity contribution >= 4 is 11.9 Å². The van der Waals surface area contributed by atoms with E-state index in [0.717, 1.165) is 5.56 Å². The average Bonchev–Trinajstić information content (AvgIpc) is 3.22. The lowest BCUT2D eigenvalue weighted by atomic mass is 10.1. The van der Waals surface area contributed by atoms with Gasteiger partial charge in [-0.25, -0.2) is 4.79 Å². The lowest BCUT2D eigenvalue weighted by molar-refractivity contribution is -0.141. The number of likely N-dealkylation sites (tertiary alicyclic amines) is 1. The maximum absolute atomic E-state index is 13.1. The van der Waals surface area contributed by atoms with Crippen LogP contribution >= 0.6 is 0 Å². The third kappa shape index (κ3) is 4.49. The standard InChI is InChI=1S/C22H25NO7/c1-27-16-11-17(22(25)26)23(12-16)21(24)15-9-18(28-2)20(19(10-15)29-3)30-13-14-7-5-4-6-8-14/h4-10,16-17H,11-13H2,1-3H3,(H,25,26)/t16-,17+/m1/s1. The molecular weight excluding hydrogens is 390 g/mol. The summed E-state index contributed by atoms with van der Waals surface area (Å²) in [6.45, 7) is 0.493. The van der Waals surface area contributed by atoms with E-state index in [4.69, 9.17) is 18.9 Å². The minimum Gasteiger partial charge on any atom is -0.493 e. The fourth-order valence-corrected chi connectivity index (χ4v) is 3.47. The number of carboxylic acids is 1. The smallest absolute Gasteiger partial charge is 0.326 e. The highest BCUT2D eigenvalue weighted by Crippen LogP contribution is 2.40. The highest BCUT2D eigenvalue weighted by molar-refractivity contribution is 5.98. The van der Waals surface area contributed by atoms with E-state index in [0.29, 0.717) is 23.9 Å². The van der Waals surface area contributed by atoms with Gasteiger partial charge in [0.25, 0.3) is 5.91 Å². The zero-order valence-electron chi connectivity index (χ0n) is 17.2. The van der Waals surface area contributed by atoms with Crippen molar-refractivity contribution in [1.29, 1.82) is 0 Å². The molecule has 0 bridgehead atoms. The van der Waals surface area contributed by atoms with E-state index in [-0.39, 0.29) is 24.6 Å². The molecular formula is C22H25NO7. The molecule has 0 aromatic heterocycles. The first kappa shape index (κ1) is 21.4. The van der Waals surface area contributed by atoms with Gasteiger partial charge in [-0.05, 0) is 17.7 Å². The molecule has 1 N–H and O–H groups in total. The van der Waals surface area contributed by atoms with Gasteiger partial charge in [0.2, 0.25) is 5.75 Å². The van der Waals surface area contributed by atoms with Crippen LogP contribution in [0, 0.1) is 0 Å². The number of aliphatic carboxylic acids is 1. The van der Waals surface area contributed by atoms with Gasteiger partial charge in [0, 0.05) is 25.6 Å². The molecule has 1 aliphatic heterocycles. The van der Waals surface area contributed by atoms with Crippen LogP contribution in [0.15, 0.2) is 42.5 Å². The van der Waals surface area contributed by atoms with E-state index in [9.17, 15) is 14.7 Å². The quantitative estimate of drug-likeness (QED) is 0.708. The molecule has 1 saturated heterocycles. The summed E-state index contributed by atoms with van der Waals surface area (Å²) >= 11 is 0. The number of carbonyl (C=O) groups excluding carboxylic acids is 1. The summed E-state index contributed by atoms with van der Waals surface area (Å²) < 4.78 is 22.0. The molecule has 8 nitrogen and oxygen atoms in total. The van der Waals surface area contributed by atoms with Crippen LogP contribution in [0.3, 0.4) is 0 Å². The molecule has 1 fully saturated rings. The molecule has 160 valence electrons. The monoisotopic (exact) mass is 415 g/mol. The van der Waals surface area contributed by atoms with Gasteiger partial charge in [-0.3, -0.25) is 4.79 Å². The third-order valence-electron chi connectivity index (χ3n) is 5.08. The van der Waals surface area contributed by atoms with Crippen LogP contribution < -0.4 is 14.2 Å². The number of benzene rings is 2. The Labute approximate surface area is 174 Å². The van der Waals surface area contributed by atoms with Gasteiger partial charge < -0.3 is 29.0 Å². The topological polar surface area (TPSA) is 94.5 Å². The van der Waals surface area contributed by atoms with E-state index in [1.165, 1.54) is 38.4 Å². The van der Waals surface area contributed by atoms with Crippen molar-refractivity contribution in [2.24, 2.45) is 0 Å². The second-order valence-electron chi connectivity index (χ2n) is 6.89. The van der Waals surface area contributed by atoms with Crippen molar-refractivity contribution in [3.05, 3.63) is 53.6 Å². The van der Waals surface area contributed by atoms with Gasteiger partial charge in [0.1, 0.15) is 12.6 Å². The van der Waals surface area contributed by atoms with Crippen molar-refractivity contribution in [3.63, 3.8) is 0 Å². The van der Waals surface area contributed by atoms with Crippen molar-refractivity contribution in [3.8, 4) is 17.2 Å². The van der Waals surface area contributed by atoms with E-state index in [1.807, 2.05) is 30.3 Å². The molecule has 1 heterocycles. The summed E-state index contributed by atoms with van der Waals surface area (Å²) in [6, 6.07) is 11.7. The first-order chi connectivity index (χ1) is 14.5.